The van der Waals surface area contributed by atoms with Crippen molar-refractivity contribution in [3.8, 4) is 11.1 Å². The normalized spacial score (nSPS) is 10.8. The number of nitrogens with zero attached hydrogens (tertiary/aromatic N) is 2. The van der Waals surface area contributed by atoms with Crippen molar-refractivity contribution in [2.24, 2.45) is 0 Å². The highest BCUT2D eigenvalue weighted by atomic mass is 35.5. The van der Waals surface area contributed by atoms with E-state index in [-0.39, 0.29) is 0 Å². The summed E-state index contributed by atoms with van der Waals surface area (Å²) in [5.74, 6) is 0. The fourth-order valence-electron chi connectivity index (χ4n) is 4.88. The summed E-state index contributed by atoms with van der Waals surface area (Å²) in [4.78, 5) is 4.35. The van der Waals surface area contributed by atoms with Gasteiger partial charge in [-0.25, -0.2) is 0 Å². The molecule has 0 N–H and O–H groups in total. The van der Waals surface area contributed by atoms with Crippen LogP contribution in [0.4, 0.5) is 34.1 Å². The molecule has 0 aliphatic carbocycles. The Kier molecular flexibility index (Phi) is 7.54. The van der Waals surface area contributed by atoms with E-state index in [0.29, 0.717) is 10.0 Å². The van der Waals surface area contributed by atoms with Crippen LogP contribution in [-0.4, -0.2) is 0 Å². The molecule has 0 aliphatic heterocycles. The van der Waals surface area contributed by atoms with E-state index < -0.39 is 0 Å². The molecule has 0 fully saturated rings. The van der Waals surface area contributed by atoms with E-state index in [1.54, 1.807) is 0 Å². The third-order valence-corrected chi connectivity index (χ3v) is 7.44. The second-order valence-electron chi connectivity index (χ2n) is 9.34. The summed E-state index contributed by atoms with van der Waals surface area (Å²) < 4.78 is 0. The molecule has 194 valence electrons. The molecule has 6 aromatic rings. The maximum atomic E-state index is 6.63. The van der Waals surface area contributed by atoms with Gasteiger partial charge < -0.3 is 9.80 Å². The molecule has 0 amide bonds. The quantitative estimate of drug-likeness (QED) is 0.193. The van der Waals surface area contributed by atoms with Gasteiger partial charge in [0.15, 0.2) is 0 Å². The van der Waals surface area contributed by atoms with Crippen LogP contribution >= 0.6 is 23.2 Å². The molecule has 2 nitrogen and oxygen atoms in total. The topological polar surface area (TPSA) is 6.48 Å². The number of rotatable bonds is 7. The lowest BCUT2D eigenvalue weighted by Gasteiger charge is -2.27. The van der Waals surface area contributed by atoms with Crippen LogP contribution in [0.3, 0.4) is 0 Å². The molecule has 4 heteroatoms. The van der Waals surface area contributed by atoms with Crippen LogP contribution in [0.25, 0.3) is 11.1 Å². The van der Waals surface area contributed by atoms with Crippen molar-refractivity contribution < 1.29 is 0 Å². The van der Waals surface area contributed by atoms with Crippen LogP contribution in [0.5, 0.6) is 0 Å². The Morgan fingerprint density at radius 3 is 0.950 bits per heavy atom. The number of para-hydroxylation sites is 4. The Morgan fingerprint density at radius 1 is 0.300 bits per heavy atom. The largest absolute Gasteiger partial charge is 0.309 e. The zero-order valence-electron chi connectivity index (χ0n) is 21.7. The minimum Gasteiger partial charge on any atom is -0.309 e. The molecule has 0 aromatic heterocycles. The molecule has 0 bridgehead atoms. The van der Waals surface area contributed by atoms with Gasteiger partial charge in [-0.2, -0.15) is 0 Å². The summed E-state index contributed by atoms with van der Waals surface area (Å²) >= 11 is 13.3. The maximum absolute atomic E-state index is 6.63. The van der Waals surface area contributed by atoms with Gasteiger partial charge in [0.25, 0.3) is 0 Å². The Labute approximate surface area is 245 Å². The summed E-state index contributed by atoms with van der Waals surface area (Å²) in [7, 11) is 0. The molecule has 0 saturated heterocycles. The Bertz CT molecular complexity index is 1570. The van der Waals surface area contributed by atoms with Crippen molar-refractivity contribution >= 4 is 57.3 Å². The Morgan fingerprint density at radius 2 is 0.600 bits per heavy atom. The first kappa shape index (κ1) is 25.8. The van der Waals surface area contributed by atoms with Gasteiger partial charge in [-0.3, -0.25) is 0 Å². The fraction of sp³-hybridized carbons (Fsp3) is 0. The van der Waals surface area contributed by atoms with Gasteiger partial charge >= 0.3 is 0 Å². The van der Waals surface area contributed by atoms with E-state index >= 15 is 0 Å². The van der Waals surface area contributed by atoms with E-state index in [1.165, 1.54) is 0 Å². The second-order valence-corrected chi connectivity index (χ2v) is 10.2. The maximum Gasteiger partial charge on any atom is 0.0647 e. The minimum absolute atomic E-state index is 0.701. The van der Waals surface area contributed by atoms with Gasteiger partial charge in [0.05, 0.1) is 21.4 Å². The zero-order chi connectivity index (χ0) is 27.3. The van der Waals surface area contributed by atoms with E-state index in [9.17, 15) is 0 Å². The van der Waals surface area contributed by atoms with Crippen molar-refractivity contribution in [3.05, 3.63) is 168 Å². The van der Waals surface area contributed by atoms with Gasteiger partial charge in [0.1, 0.15) is 0 Å². The summed E-state index contributed by atoms with van der Waals surface area (Å²) in [6, 6.07) is 53.6. The molecule has 6 aromatic carbocycles. The van der Waals surface area contributed by atoms with Crippen molar-refractivity contribution in [1.29, 1.82) is 0 Å². The van der Waals surface area contributed by atoms with Crippen LogP contribution in [0.1, 0.15) is 0 Å². The first-order valence-corrected chi connectivity index (χ1v) is 13.8. The summed E-state index contributed by atoms with van der Waals surface area (Å²) in [5, 5.41) is 1.40. The first-order valence-electron chi connectivity index (χ1n) is 13.1. The van der Waals surface area contributed by atoms with Crippen LogP contribution in [0, 0.1) is 0 Å². The first-order chi connectivity index (χ1) is 19.7. The predicted molar refractivity (Wildman–Crippen MR) is 171 cm³/mol. The van der Waals surface area contributed by atoms with Gasteiger partial charge in [0, 0.05) is 22.7 Å². The number of anilines is 6. The van der Waals surface area contributed by atoms with Gasteiger partial charge in [-0.05, 0) is 83.9 Å². The molecule has 0 saturated carbocycles. The average Bonchev–Trinajstić information content (AvgIpc) is 3.01. The molecule has 0 heterocycles. The molecular weight excluding hydrogens is 531 g/mol. The molecular formula is C36H26Cl2N2. The highest BCUT2D eigenvalue weighted by Gasteiger charge is 2.16. The molecule has 0 radical (unpaired) electrons. The van der Waals surface area contributed by atoms with E-state index in [0.717, 1.165) is 45.3 Å². The second kappa shape index (κ2) is 11.7. The zero-order valence-corrected chi connectivity index (χ0v) is 23.2. The van der Waals surface area contributed by atoms with Gasteiger partial charge in [0.2, 0.25) is 0 Å². The van der Waals surface area contributed by atoms with Crippen LogP contribution < -0.4 is 9.80 Å². The van der Waals surface area contributed by atoms with E-state index in [2.05, 4.69) is 82.6 Å². The monoisotopic (exact) mass is 556 g/mol. The number of hydrogen-bond acceptors (Lipinski definition) is 2. The van der Waals surface area contributed by atoms with Gasteiger partial charge in [-0.1, -0.05) is 108 Å². The van der Waals surface area contributed by atoms with Crippen LogP contribution in [0.15, 0.2) is 158 Å². The molecule has 0 spiro atoms. The lowest BCUT2D eigenvalue weighted by molar-refractivity contribution is 1.28. The third kappa shape index (κ3) is 5.33. The summed E-state index contributed by atoms with van der Waals surface area (Å²) in [5.41, 5.74) is 8.31. The van der Waals surface area contributed by atoms with Crippen LogP contribution in [-0.2, 0) is 0 Å². The molecule has 0 aliphatic rings. The third-order valence-electron chi connectivity index (χ3n) is 6.80. The van der Waals surface area contributed by atoms with E-state index in [1.807, 2.05) is 84.9 Å². The van der Waals surface area contributed by atoms with Crippen molar-refractivity contribution in [3.63, 3.8) is 0 Å². The Balaban J connectivity index is 1.33. The fourth-order valence-corrected chi connectivity index (χ4v) is 5.32. The average molecular weight is 558 g/mol. The minimum atomic E-state index is 0.701. The SMILES string of the molecule is Clc1ccccc1N(c1ccccc1)c1ccc(-c2ccc(N(c3ccccc3)c3ccccc3Cl)cc2)cc1. The van der Waals surface area contributed by atoms with Crippen molar-refractivity contribution in [2.45, 2.75) is 0 Å². The van der Waals surface area contributed by atoms with Crippen molar-refractivity contribution in [1.82, 2.24) is 0 Å². The molecule has 0 atom stereocenters. The highest BCUT2D eigenvalue weighted by Crippen LogP contribution is 2.41. The van der Waals surface area contributed by atoms with Crippen molar-refractivity contribution in [2.75, 3.05) is 9.80 Å². The van der Waals surface area contributed by atoms with E-state index in [4.69, 9.17) is 23.2 Å². The molecule has 6 rings (SSSR count). The molecule has 40 heavy (non-hydrogen) atoms. The lowest BCUT2D eigenvalue weighted by atomic mass is 10.0. The summed E-state index contributed by atoms with van der Waals surface area (Å²) in [6.45, 7) is 0. The summed E-state index contributed by atoms with van der Waals surface area (Å²) in [6.07, 6.45) is 0. The predicted octanol–water partition coefficient (Wildman–Crippen LogP) is 11.6. The lowest BCUT2D eigenvalue weighted by Crippen LogP contribution is -2.10. The highest BCUT2D eigenvalue weighted by molar-refractivity contribution is 6.34. The number of hydrogen-bond donors (Lipinski definition) is 0. The smallest absolute Gasteiger partial charge is 0.0647 e. The molecule has 0 unspecified atom stereocenters. The number of halogens is 2. The Hall–Kier alpha value is -4.50. The van der Waals surface area contributed by atoms with Gasteiger partial charge in [-0.15, -0.1) is 0 Å². The van der Waals surface area contributed by atoms with Crippen LogP contribution in [0.2, 0.25) is 10.0 Å². The standard InChI is InChI=1S/C36H26Cl2N2/c37-33-15-7-9-17-35(33)39(29-11-3-1-4-12-29)31-23-19-27(20-24-31)28-21-25-32(26-22-28)40(30-13-5-2-6-14-30)36-18-10-8-16-34(36)38/h1-26H. The number of benzene rings is 6.